The minimum absolute atomic E-state index is 0.372. The van der Waals surface area contributed by atoms with Crippen LogP contribution in [0.5, 0.6) is 0 Å². The van der Waals surface area contributed by atoms with Gasteiger partial charge in [-0.15, -0.1) is 0 Å². The number of aromatic nitrogens is 3. The normalized spacial score (nSPS) is 11.3. The molecule has 0 radical (unpaired) electrons. The Kier molecular flexibility index (Phi) is 4.96. The standard InChI is InChI=1S/C15H9BrCl2N4S/c16-10-3-1-2-9(6-10)8-19-22-14(20-21-15(22)23)12-5-4-11(17)7-13(12)18/h1-8H,(H,21,23)/b19-8+. The highest BCUT2D eigenvalue weighted by Gasteiger charge is 2.12. The van der Waals surface area contributed by atoms with Crippen LogP contribution in [-0.4, -0.2) is 21.1 Å². The lowest BCUT2D eigenvalue weighted by Crippen LogP contribution is -1.95. The molecule has 0 aliphatic rings. The summed E-state index contributed by atoms with van der Waals surface area (Å²) in [6.45, 7) is 0. The molecular formula is C15H9BrCl2N4S. The molecule has 0 saturated carbocycles. The number of halogens is 3. The summed E-state index contributed by atoms with van der Waals surface area (Å²) in [5.41, 5.74) is 1.62. The van der Waals surface area contributed by atoms with Crippen LogP contribution in [0.1, 0.15) is 5.56 Å². The van der Waals surface area contributed by atoms with Crippen LogP contribution >= 0.6 is 51.3 Å². The van der Waals surface area contributed by atoms with Gasteiger partial charge in [0.25, 0.3) is 0 Å². The molecule has 4 nitrogen and oxygen atoms in total. The van der Waals surface area contributed by atoms with Crippen molar-refractivity contribution in [1.29, 1.82) is 0 Å². The van der Waals surface area contributed by atoms with E-state index in [1.54, 1.807) is 24.4 Å². The Morgan fingerprint density at radius 2 is 2.04 bits per heavy atom. The Labute approximate surface area is 155 Å². The molecule has 3 aromatic rings. The number of aromatic amines is 1. The lowest BCUT2D eigenvalue weighted by atomic mass is 10.2. The van der Waals surface area contributed by atoms with Crippen molar-refractivity contribution in [2.75, 3.05) is 0 Å². The number of benzene rings is 2. The van der Waals surface area contributed by atoms with Gasteiger partial charge in [-0.2, -0.15) is 14.9 Å². The molecule has 116 valence electrons. The van der Waals surface area contributed by atoms with Crippen LogP contribution in [0.2, 0.25) is 10.0 Å². The summed E-state index contributed by atoms with van der Waals surface area (Å²) in [6, 6.07) is 12.9. The van der Waals surface area contributed by atoms with Crippen molar-refractivity contribution in [2.45, 2.75) is 0 Å². The topological polar surface area (TPSA) is 46.0 Å². The van der Waals surface area contributed by atoms with Crippen LogP contribution in [-0.2, 0) is 0 Å². The van der Waals surface area contributed by atoms with Gasteiger partial charge in [-0.1, -0.05) is 51.3 Å². The predicted molar refractivity (Wildman–Crippen MR) is 100 cm³/mol. The monoisotopic (exact) mass is 426 g/mol. The Balaban J connectivity index is 2.04. The lowest BCUT2D eigenvalue weighted by molar-refractivity contribution is 0.871. The van der Waals surface area contributed by atoms with Crippen LogP contribution in [0.3, 0.4) is 0 Å². The maximum absolute atomic E-state index is 6.24. The van der Waals surface area contributed by atoms with Gasteiger partial charge in [0.15, 0.2) is 5.82 Å². The van der Waals surface area contributed by atoms with Crippen molar-refractivity contribution in [3.63, 3.8) is 0 Å². The third-order valence-electron chi connectivity index (χ3n) is 2.99. The first-order chi connectivity index (χ1) is 11.0. The highest BCUT2D eigenvalue weighted by Crippen LogP contribution is 2.29. The zero-order valence-electron chi connectivity index (χ0n) is 11.5. The molecule has 2 aromatic carbocycles. The molecule has 1 aromatic heterocycles. The molecule has 1 N–H and O–H groups in total. The predicted octanol–water partition coefficient (Wildman–Crippen LogP) is 5.56. The highest BCUT2D eigenvalue weighted by atomic mass is 79.9. The highest BCUT2D eigenvalue weighted by molar-refractivity contribution is 9.10. The van der Waals surface area contributed by atoms with Crippen molar-refractivity contribution in [2.24, 2.45) is 5.10 Å². The number of hydrogen-bond acceptors (Lipinski definition) is 3. The Hall–Kier alpha value is -1.47. The number of rotatable bonds is 3. The first-order valence-electron chi connectivity index (χ1n) is 6.47. The average molecular weight is 428 g/mol. The van der Waals surface area contributed by atoms with Gasteiger partial charge in [-0.05, 0) is 48.1 Å². The van der Waals surface area contributed by atoms with Crippen molar-refractivity contribution in [3.8, 4) is 11.4 Å². The Bertz CT molecular complexity index is 949. The molecular weight excluding hydrogens is 419 g/mol. The number of nitrogens with zero attached hydrogens (tertiary/aromatic N) is 3. The van der Waals surface area contributed by atoms with Gasteiger partial charge < -0.3 is 0 Å². The summed E-state index contributed by atoms with van der Waals surface area (Å²) in [5, 5.41) is 12.4. The van der Waals surface area contributed by atoms with Gasteiger partial charge in [0.05, 0.1) is 11.2 Å². The quantitative estimate of drug-likeness (QED) is 0.439. The smallest absolute Gasteiger partial charge is 0.216 e. The van der Waals surface area contributed by atoms with Crippen LogP contribution < -0.4 is 0 Å². The minimum Gasteiger partial charge on any atom is -0.250 e. The first kappa shape index (κ1) is 16.4. The molecule has 8 heteroatoms. The summed E-state index contributed by atoms with van der Waals surface area (Å²) in [4.78, 5) is 0. The van der Waals surface area contributed by atoms with E-state index in [0.29, 0.717) is 26.2 Å². The molecule has 0 spiro atoms. The van der Waals surface area contributed by atoms with Gasteiger partial charge in [0.2, 0.25) is 4.77 Å². The molecule has 3 rings (SSSR count). The van der Waals surface area contributed by atoms with E-state index in [-0.39, 0.29) is 0 Å². The van der Waals surface area contributed by atoms with Gasteiger partial charge in [0.1, 0.15) is 0 Å². The van der Waals surface area contributed by atoms with E-state index in [2.05, 4.69) is 31.2 Å². The summed E-state index contributed by atoms with van der Waals surface area (Å²) >= 11 is 20.8. The van der Waals surface area contributed by atoms with Crippen LogP contribution in [0.25, 0.3) is 11.4 Å². The molecule has 0 amide bonds. The van der Waals surface area contributed by atoms with E-state index in [1.807, 2.05) is 24.3 Å². The molecule has 0 aliphatic carbocycles. The molecule has 1 heterocycles. The van der Waals surface area contributed by atoms with Crippen molar-refractivity contribution >= 4 is 57.6 Å². The third-order valence-corrected chi connectivity index (χ3v) is 4.30. The second-order valence-electron chi connectivity index (χ2n) is 4.59. The fraction of sp³-hybridized carbons (Fsp3) is 0. The third kappa shape index (κ3) is 3.72. The fourth-order valence-electron chi connectivity index (χ4n) is 1.96. The average Bonchev–Trinajstić information content (AvgIpc) is 2.86. The van der Waals surface area contributed by atoms with Crippen molar-refractivity contribution < 1.29 is 0 Å². The van der Waals surface area contributed by atoms with E-state index in [1.165, 1.54) is 4.68 Å². The van der Waals surface area contributed by atoms with E-state index >= 15 is 0 Å². The first-order valence-corrected chi connectivity index (χ1v) is 8.43. The fourth-order valence-corrected chi connectivity index (χ4v) is 3.04. The van der Waals surface area contributed by atoms with Crippen molar-refractivity contribution in [3.05, 3.63) is 67.3 Å². The molecule has 23 heavy (non-hydrogen) atoms. The number of nitrogens with one attached hydrogen (secondary N) is 1. The number of hydrogen-bond donors (Lipinski definition) is 1. The van der Waals surface area contributed by atoms with Crippen LogP contribution in [0, 0.1) is 4.77 Å². The molecule has 0 atom stereocenters. The van der Waals surface area contributed by atoms with Gasteiger partial charge in [-0.3, -0.25) is 0 Å². The number of H-pyrrole nitrogens is 1. The van der Waals surface area contributed by atoms with E-state index in [4.69, 9.17) is 35.4 Å². The zero-order chi connectivity index (χ0) is 16.4. The van der Waals surface area contributed by atoms with Gasteiger partial charge in [-0.25, -0.2) is 5.10 Å². The molecule has 0 aliphatic heterocycles. The molecule has 0 bridgehead atoms. The van der Waals surface area contributed by atoms with Crippen LogP contribution in [0.15, 0.2) is 52.0 Å². The largest absolute Gasteiger partial charge is 0.250 e. The second-order valence-corrected chi connectivity index (χ2v) is 6.73. The maximum atomic E-state index is 6.24. The van der Waals surface area contributed by atoms with E-state index < -0.39 is 0 Å². The van der Waals surface area contributed by atoms with Gasteiger partial charge >= 0.3 is 0 Å². The molecule has 0 unspecified atom stereocenters. The summed E-state index contributed by atoms with van der Waals surface area (Å²) in [5.74, 6) is 0.517. The lowest BCUT2D eigenvalue weighted by Gasteiger charge is -2.04. The summed E-state index contributed by atoms with van der Waals surface area (Å²) in [6.07, 6.45) is 1.70. The summed E-state index contributed by atoms with van der Waals surface area (Å²) in [7, 11) is 0. The summed E-state index contributed by atoms with van der Waals surface area (Å²) < 4.78 is 2.86. The zero-order valence-corrected chi connectivity index (χ0v) is 15.4. The van der Waals surface area contributed by atoms with E-state index in [9.17, 15) is 0 Å². The molecule has 0 saturated heterocycles. The van der Waals surface area contributed by atoms with E-state index in [0.717, 1.165) is 10.0 Å². The van der Waals surface area contributed by atoms with Gasteiger partial charge in [0, 0.05) is 15.1 Å². The maximum Gasteiger partial charge on any atom is 0.216 e. The second kappa shape index (κ2) is 6.97. The SMILES string of the molecule is S=c1[nH]nc(-c2ccc(Cl)cc2Cl)n1/N=C/c1cccc(Br)c1. The Morgan fingerprint density at radius 3 is 2.78 bits per heavy atom. The van der Waals surface area contributed by atoms with Crippen molar-refractivity contribution in [1.82, 2.24) is 14.9 Å². The Morgan fingerprint density at radius 1 is 1.22 bits per heavy atom. The minimum atomic E-state index is 0.372. The van der Waals surface area contributed by atoms with Crippen LogP contribution in [0.4, 0.5) is 0 Å². The molecule has 0 fully saturated rings.